The quantitative estimate of drug-likeness (QED) is 0.764. The Hall–Kier alpha value is -2.70. The average molecular weight is 309 g/mol. The number of nitrogen functional groups attached to an aromatic ring is 2. The Morgan fingerprint density at radius 2 is 2.13 bits per heavy atom. The predicted molar refractivity (Wildman–Crippen MR) is 88.8 cm³/mol. The summed E-state index contributed by atoms with van der Waals surface area (Å²) < 4.78 is 2.11. The van der Waals surface area contributed by atoms with Gasteiger partial charge in [-0.2, -0.15) is 9.97 Å². The van der Waals surface area contributed by atoms with E-state index in [1.165, 1.54) is 5.56 Å². The monoisotopic (exact) mass is 309 g/mol. The van der Waals surface area contributed by atoms with Crippen LogP contribution < -0.4 is 11.5 Å². The fourth-order valence-corrected chi connectivity index (χ4v) is 3.66. The summed E-state index contributed by atoms with van der Waals surface area (Å²) in [7, 11) is 0. The van der Waals surface area contributed by atoms with Gasteiger partial charge in [-0.05, 0) is 43.2 Å². The van der Waals surface area contributed by atoms with Gasteiger partial charge in [0, 0.05) is 24.6 Å². The Balaban J connectivity index is 1.74. The second-order valence-electron chi connectivity index (χ2n) is 6.09. The van der Waals surface area contributed by atoms with Gasteiger partial charge in [-0.1, -0.05) is 0 Å². The number of anilines is 2. The number of rotatable bonds is 3. The van der Waals surface area contributed by atoms with Crippen molar-refractivity contribution in [3.8, 4) is 0 Å². The van der Waals surface area contributed by atoms with Gasteiger partial charge in [0.05, 0.1) is 11.7 Å². The van der Waals surface area contributed by atoms with Crippen molar-refractivity contribution in [2.75, 3.05) is 11.5 Å². The first-order chi connectivity index (χ1) is 11.1. The van der Waals surface area contributed by atoms with Gasteiger partial charge in [0.25, 0.3) is 0 Å². The lowest BCUT2D eigenvalue weighted by Crippen LogP contribution is -2.07. The molecule has 0 spiro atoms. The van der Waals surface area contributed by atoms with Crippen LogP contribution in [0.25, 0.3) is 11.0 Å². The SMILES string of the molecule is Cc1c2c(nc3nc(N)nc(N)c13)CCC2CCn1ccnc1. The van der Waals surface area contributed by atoms with Crippen LogP contribution in [0.3, 0.4) is 0 Å². The highest BCUT2D eigenvalue weighted by Crippen LogP contribution is 2.40. The molecule has 0 aliphatic heterocycles. The van der Waals surface area contributed by atoms with Crippen LogP contribution >= 0.6 is 0 Å². The van der Waals surface area contributed by atoms with Gasteiger partial charge in [0.1, 0.15) is 5.82 Å². The average Bonchev–Trinajstić information content (AvgIpc) is 3.13. The van der Waals surface area contributed by atoms with Crippen LogP contribution in [0.15, 0.2) is 18.7 Å². The Bertz CT molecular complexity index is 870. The molecule has 0 saturated carbocycles. The van der Waals surface area contributed by atoms with Gasteiger partial charge in [-0.15, -0.1) is 0 Å². The zero-order chi connectivity index (χ0) is 16.0. The Kier molecular flexibility index (Phi) is 3.14. The molecule has 3 heterocycles. The summed E-state index contributed by atoms with van der Waals surface area (Å²) in [5, 5.41) is 0.840. The highest BCUT2D eigenvalue weighted by atomic mass is 15.1. The molecule has 7 nitrogen and oxygen atoms in total. The molecule has 0 amide bonds. The maximum Gasteiger partial charge on any atom is 0.224 e. The summed E-state index contributed by atoms with van der Waals surface area (Å²) in [5.74, 6) is 1.08. The fourth-order valence-electron chi connectivity index (χ4n) is 3.66. The molecule has 3 aromatic rings. The number of fused-ring (bicyclic) bond motifs is 2. The lowest BCUT2D eigenvalue weighted by molar-refractivity contribution is 0.543. The molecular formula is C16H19N7. The van der Waals surface area contributed by atoms with Gasteiger partial charge in [0.15, 0.2) is 5.65 Å². The van der Waals surface area contributed by atoms with Gasteiger partial charge in [-0.25, -0.2) is 9.97 Å². The minimum Gasteiger partial charge on any atom is -0.383 e. The van der Waals surface area contributed by atoms with Gasteiger partial charge >= 0.3 is 0 Å². The summed E-state index contributed by atoms with van der Waals surface area (Å²) >= 11 is 0. The molecule has 0 aromatic carbocycles. The van der Waals surface area contributed by atoms with E-state index in [4.69, 9.17) is 16.5 Å². The number of nitrogens with two attached hydrogens (primary N) is 2. The third-order valence-electron chi connectivity index (χ3n) is 4.70. The summed E-state index contributed by atoms with van der Waals surface area (Å²) in [5.41, 5.74) is 16.0. The van der Waals surface area contributed by atoms with E-state index in [1.807, 2.05) is 18.7 Å². The number of hydrogen-bond acceptors (Lipinski definition) is 6. The molecule has 23 heavy (non-hydrogen) atoms. The second kappa shape index (κ2) is 5.19. The fraction of sp³-hybridized carbons (Fsp3) is 0.375. The van der Waals surface area contributed by atoms with Gasteiger partial charge in [-0.3, -0.25) is 0 Å². The van der Waals surface area contributed by atoms with Crippen molar-refractivity contribution in [3.05, 3.63) is 35.5 Å². The molecule has 1 aliphatic carbocycles. The van der Waals surface area contributed by atoms with E-state index in [0.29, 0.717) is 17.4 Å². The van der Waals surface area contributed by atoms with Crippen LogP contribution in [-0.2, 0) is 13.0 Å². The Labute approximate surface area is 133 Å². The van der Waals surface area contributed by atoms with Crippen LogP contribution in [0.2, 0.25) is 0 Å². The van der Waals surface area contributed by atoms with E-state index in [0.717, 1.165) is 42.5 Å². The standard InChI is InChI=1S/C16H19N7/c1-9-12-10(4-6-23-7-5-19-8-23)2-3-11(12)20-15-13(9)14(17)21-16(18)22-15/h5,7-8,10H,2-4,6H2,1H3,(H4,17,18,20,21,22). The van der Waals surface area contributed by atoms with Crippen molar-refractivity contribution in [3.63, 3.8) is 0 Å². The molecule has 4 rings (SSSR count). The third kappa shape index (κ3) is 2.28. The van der Waals surface area contributed by atoms with Crippen molar-refractivity contribution < 1.29 is 0 Å². The number of imidazole rings is 1. The van der Waals surface area contributed by atoms with Crippen LogP contribution in [0.1, 0.15) is 35.6 Å². The highest BCUT2D eigenvalue weighted by Gasteiger charge is 2.28. The molecule has 0 saturated heterocycles. The maximum atomic E-state index is 6.07. The molecule has 7 heteroatoms. The summed E-state index contributed by atoms with van der Waals surface area (Å²) in [6.45, 7) is 3.05. The minimum atomic E-state index is 0.177. The van der Waals surface area contributed by atoms with E-state index < -0.39 is 0 Å². The first-order valence-electron chi connectivity index (χ1n) is 7.81. The summed E-state index contributed by atoms with van der Waals surface area (Å²) in [4.78, 5) is 17.1. The van der Waals surface area contributed by atoms with Crippen molar-refractivity contribution in [2.45, 2.75) is 38.6 Å². The van der Waals surface area contributed by atoms with E-state index in [9.17, 15) is 0 Å². The second-order valence-corrected chi connectivity index (χ2v) is 6.09. The molecule has 0 bridgehead atoms. The number of aromatic nitrogens is 5. The molecule has 4 N–H and O–H groups in total. The van der Waals surface area contributed by atoms with E-state index >= 15 is 0 Å². The first-order valence-corrected chi connectivity index (χ1v) is 7.81. The van der Waals surface area contributed by atoms with Crippen molar-refractivity contribution in [1.82, 2.24) is 24.5 Å². The summed E-state index contributed by atoms with van der Waals surface area (Å²) in [6.07, 6.45) is 8.81. The van der Waals surface area contributed by atoms with Crippen molar-refractivity contribution in [2.24, 2.45) is 0 Å². The highest BCUT2D eigenvalue weighted by molar-refractivity contribution is 5.90. The maximum absolute atomic E-state index is 6.07. The minimum absolute atomic E-state index is 0.177. The lowest BCUT2D eigenvalue weighted by atomic mass is 9.93. The number of pyridine rings is 1. The van der Waals surface area contributed by atoms with E-state index in [1.54, 1.807) is 0 Å². The van der Waals surface area contributed by atoms with E-state index in [2.05, 4.69) is 26.4 Å². The smallest absolute Gasteiger partial charge is 0.224 e. The number of nitrogens with zero attached hydrogens (tertiary/aromatic N) is 5. The third-order valence-corrected chi connectivity index (χ3v) is 4.70. The molecule has 1 unspecified atom stereocenters. The molecule has 1 atom stereocenters. The van der Waals surface area contributed by atoms with Crippen LogP contribution in [0, 0.1) is 6.92 Å². The van der Waals surface area contributed by atoms with Crippen LogP contribution in [0.4, 0.5) is 11.8 Å². The number of aryl methyl sites for hydroxylation is 3. The summed E-state index contributed by atoms with van der Waals surface area (Å²) in [6, 6.07) is 0. The molecule has 0 fully saturated rings. The van der Waals surface area contributed by atoms with Crippen molar-refractivity contribution in [1.29, 1.82) is 0 Å². The molecule has 1 aliphatic rings. The van der Waals surface area contributed by atoms with E-state index in [-0.39, 0.29) is 5.95 Å². The number of hydrogen-bond donors (Lipinski definition) is 2. The topological polar surface area (TPSA) is 109 Å². The first kappa shape index (κ1) is 13.9. The van der Waals surface area contributed by atoms with Crippen LogP contribution in [0.5, 0.6) is 0 Å². The largest absolute Gasteiger partial charge is 0.383 e. The van der Waals surface area contributed by atoms with Gasteiger partial charge < -0.3 is 16.0 Å². The normalized spacial score (nSPS) is 16.8. The Morgan fingerprint density at radius 3 is 2.91 bits per heavy atom. The zero-order valence-corrected chi connectivity index (χ0v) is 13.0. The molecule has 0 radical (unpaired) electrons. The molecular weight excluding hydrogens is 290 g/mol. The van der Waals surface area contributed by atoms with Crippen molar-refractivity contribution >= 4 is 22.8 Å². The zero-order valence-electron chi connectivity index (χ0n) is 13.0. The Morgan fingerprint density at radius 1 is 1.26 bits per heavy atom. The molecule has 3 aromatic heterocycles. The molecule has 118 valence electrons. The van der Waals surface area contributed by atoms with Gasteiger partial charge in [0.2, 0.25) is 5.95 Å². The lowest BCUT2D eigenvalue weighted by Gasteiger charge is -2.16. The van der Waals surface area contributed by atoms with Crippen LogP contribution in [-0.4, -0.2) is 24.5 Å². The predicted octanol–water partition coefficient (Wildman–Crippen LogP) is 1.81.